The van der Waals surface area contributed by atoms with Gasteiger partial charge in [-0.3, -0.25) is 9.48 Å². The number of rotatable bonds is 3. The normalized spacial score (nSPS) is 22.4. The molecule has 1 N–H and O–H groups in total. The van der Waals surface area contributed by atoms with Gasteiger partial charge in [0.2, 0.25) is 5.91 Å². The monoisotopic (exact) mass is 331 g/mol. The van der Waals surface area contributed by atoms with Gasteiger partial charge in [0, 0.05) is 50.9 Å². The van der Waals surface area contributed by atoms with E-state index in [1.54, 1.807) is 0 Å². The quantitative estimate of drug-likeness (QED) is 0.908. The Labute approximate surface area is 142 Å². The smallest absolute Gasteiger partial charge is 0.320 e. The third kappa shape index (κ3) is 2.99. The van der Waals surface area contributed by atoms with Crippen LogP contribution in [0.3, 0.4) is 0 Å². The second kappa shape index (κ2) is 6.11. The van der Waals surface area contributed by atoms with Crippen LogP contribution in [0.2, 0.25) is 0 Å². The van der Waals surface area contributed by atoms with Crippen LogP contribution in [0.25, 0.3) is 0 Å². The maximum atomic E-state index is 12.5. The zero-order chi connectivity index (χ0) is 16.7. The number of nitrogens with one attached hydrogen (secondary N) is 1. The first-order chi connectivity index (χ1) is 11.6. The molecule has 3 aliphatic rings. The maximum absolute atomic E-state index is 12.5. The summed E-state index contributed by atoms with van der Waals surface area (Å²) in [6, 6.07) is 2.80. The van der Waals surface area contributed by atoms with Crippen molar-refractivity contribution in [3.05, 3.63) is 18.0 Å². The predicted molar refractivity (Wildman–Crippen MR) is 88.6 cm³/mol. The van der Waals surface area contributed by atoms with Crippen LogP contribution in [-0.2, 0) is 4.79 Å². The summed E-state index contributed by atoms with van der Waals surface area (Å²) < 4.78 is 2.20. The molecule has 0 bridgehead atoms. The molecule has 2 aliphatic heterocycles. The van der Waals surface area contributed by atoms with Crippen molar-refractivity contribution < 1.29 is 9.59 Å². The van der Waals surface area contributed by atoms with Crippen molar-refractivity contribution in [3.63, 3.8) is 0 Å². The van der Waals surface area contributed by atoms with Crippen molar-refractivity contribution in [1.29, 1.82) is 0 Å². The maximum Gasteiger partial charge on any atom is 0.320 e. The minimum absolute atomic E-state index is 0.0291. The SMILES string of the molecule is CC(=O)NC1CN(C(=O)N2CCC(n3nccc3C3CC3)CC2)C1. The molecule has 1 aromatic heterocycles. The van der Waals surface area contributed by atoms with E-state index in [9.17, 15) is 9.59 Å². The van der Waals surface area contributed by atoms with Crippen LogP contribution in [0.4, 0.5) is 4.79 Å². The number of piperidine rings is 1. The number of aromatic nitrogens is 2. The van der Waals surface area contributed by atoms with Crippen LogP contribution in [0.15, 0.2) is 12.3 Å². The molecule has 7 heteroatoms. The fraction of sp³-hybridized carbons (Fsp3) is 0.706. The van der Waals surface area contributed by atoms with E-state index in [4.69, 9.17) is 0 Å². The topological polar surface area (TPSA) is 70.5 Å². The van der Waals surface area contributed by atoms with E-state index in [1.165, 1.54) is 25.5 Å². The molecule has 1 aliphatic carbocycles. The van der Waals surface area contributed by atoms with Crippen LogP contribution in [0.1, 0.15) is 50.3 Å². The lowest BCUT2D eigenvalue weighted by Crippen LogP contribution is -2.63. The molecule has 3 amide bonds. The summed E-state index contributed by atoms with van der Waals surface area (Å²) in [5, 5.41) is 7.39. The molecule has 0 unspecified atom stereocenters. The van der Waals surface area contributed by atoms with Gasteiger partial charge < -0.3 is 15.1 Å². The zero-order valence-corrected chi connectivity index (χ0v) is 14.1. The highest BCUT2D eigenvalue weighted by Gasteiger charge is 2.36. The molecule has 1 saturated carbocycles. The lowest BCUT2D eigenvalue weighted by atomic mass is 10.0. The number of urea groups is 1. The van der Waals surface area contributed by atoms with Gasteiger partial charge in [-0.25, -0.2) is 4.79 Å². The number of hydrogen-bond acceptors (Lipinski definition) is 3. The van der Waals surface area contributed by atoms with E-state index >= 15 is 0 Å². The Bertz CT molecular complexity index is 625. The summed E-state index contributed by atoms with van der Waals surface area (Å²) in [7, 11) is 0. The first-order valence-electron chi connectivity index (χ1n) is 8.96. The first-order valence-corrected chi connectivity index (χ1v) is 8.96. The lowest BCUT2D eigenvalue weighted by molar-refractivity contribution is -0.120. The highest BCUT2D eigenvalue weighted by atomic mass is 16.2. The number of likely N-dealkylation sites (tertiary alicyclic amines) is 2. The van der Waals surface area contributed by atoms with Crippen molar-refractivity contribution in [2.24, 2.45) is 0 Å². The van der Waals surface area contributed by atoms with Crippen LogP contribution in [0, 0.1) is 0 Å². The van der Waals surface area contributed by atoms with E-state index in [0.29, 0.717) is 25.0 Å². The highest BCUT2D eigenvalue weighted by molar-refractivity contribution is 5.77. The second-order valence-electron chi connectivity index (χ2n) is 7.28. The summed E-state index contributed by atoms with van der Waals surface area (Å²) in [6.07, 6.45) is 6.42. The fourth-order valence-electron chi connectivity index (χ4n) is 3.85. The molecular weight excluding hydrogens is 306 g/mol. The van der Waals surface area contributed by atoms with Gasteiger partial charge in [-0.1, -0.05) is 0 Å². The van der Waals surface area contributed by atoms with Crippen molar-refractivity contribution >= 4 is 11.9 Å². The molecule has 3 heterocycles. The van der Waals surface area contributed by atoms with Gasteiger partial charge in [0.05, 0.1) is 12.1 Å². The summed E-state index contributed by atoms with van der Waals surface area (Å²) in [4.78, 5) is 27.3. The summed E-state index contributed by atoms with van der Waals surface area (Å²) in [5.74, 6) is 0.678. The van der Waals surface area contributed by atoms with Crippen LogP contribution in [-0.4, -0.2) is 63.7 Å². The number of amides is 3. The third-order valence-electron chi connectivity index (χ3n) is 5.34. The second-order valence-corrected chi connectivity index (χ2v) is 7.28. The molecule has 7 nitrogen and oxygen atoms in total. The van der Waals surface area contributed by atoms with E-state index in [1.807, 2.05) is 16.0 Å². The predicted octanol–water partition coefficient (Wildman–Crippen LogP) is 1.34. The van der Waals surface area contributed by atoms with Crippen molar-refractivity contribution in [2.45, 2.75) is 50.6 Å². The average Bonchev–Trinajstić information content (AvgIpc) is 3.27. The van der Waals surface area contributed by atoms with Crippen molar-refractivity contribution in [1.82, 2.24) is 24.9 Å². The van der Waals surface area contributed by atoms with Crippen molar-refractivity contribution in [2.75, 3.05) is 26.2 Å². The first kappa shape index (κ1) is 15.5. The van der Waals surface area contributed by atoms with E-state index in [0.717, 1.165) is 25.9 Å². The van der Waals surface area contributed by atoms with Gasteiger partial charge in [-0.15, -0.1) is 0 Å². The molecule has 2 saturated heterocycles. The Hall–Kier alpha value is -2.05. The average molecular weight is 331 g/mol. The van der Waals surface area contributed by atoms with Crippen LogP contribution >= 0.6 is 0 Å². The van der Waals surface area contributed by atoms with Crippen LogP contribution < -0.4 is 5.32 Å². The van der Waals surface area contributed by atoms with Gasteiger partial charge in [0.25, 0.3) is 0 Å². The van der Waals surface area contributed by atoms with Gasteiger partial charge >= 0.3 is 6.03 Å². The lowest BCUT2D eigenvalue weighted by Gasteiger charge is -2.43. The molecule has 0 atom stereocenters. The molecule has 1 aromatic rings. The summed E-state index contributed by atoms with van der Waals surface area (Å²) in [6.45, 7) is 4.34. The zero-order valence-electron chi connectivity index (χ0n) is 14.1. The molecule has 0 aromatic carbocycles. The highest BCUT2D eigenvalue weighted by Crippen LogP contribution is 2.41. The van der Waals surface area contributed by atoms with E-state index < -0.39 is 0 Å². The summed E-state index contributed by atoms with van der Waals surface area (Å²) in [5.41, 5.74) is 1.38. The van der Waals surface area contributed by atoms with E-state index in [-0.39, 0.29) is 18.0 Å². The Balaban J connectivity index is 1.28. The fourth-order valence-corrected chi connectivity index (χ4v) is 3.85. The largest absolute Gasteiger partial charge is 0.350 e. The van der Waals surface area contributed by atoms with Gasteiger partial charge in [-0.2, -0.15) is 5.10 Å². The Morgan fingerprint density at radius 2 is 1.83 bits per heavy atom. The molecular formula is C17H25N5O2. The van der Waals surface area contributed by atoms with Crippen molar-refractivity contribution in [3.8, 4) is 0 Å². The minimum Gasteiger partial charge on any atom is -0.350 e. The van der Waals surface area contributed by atoms with Gasteiger partial charge in [0.15, 0.2) is 0 Å². The van der Waals surface area contributed by atoms with Gasteiger partial charge in [0.1, 0.15) is 0 Å². The molecule has 0 spiro atoms. The third-order valence-corrected chi connectivity index (χ3v) is 5.34. The molecule has 0 radical (unpaired) electrons. The Morgan fingerprint density at radius 3 is 2.46 bits per heavy atom. The molecule has 24 heavy (non-hydrogen) atoms. The number of carbonyl (C=O) groups is 2. The summed E-state index contributed by atoms with van der Waals surface area (Å²) >= 11 is 0. The minimum atomic E-state index is -0.0291. The Kier molecular flexibility index (Phi) is 3.94. The molecule has 3 fully saturated rings. The molecule has 4 rings (SSSR count). The standard InChI is InChI=1S/C17H25N5O2/c1-12(23)19-14-10-21(11-14)17(24)20-8-5-15(6-9-20)22-16(4-7-18-22)13-2-3-13/h4,7,13-15H,2-3,5-6,8-11H2,1H3,(H,19,23). The van der Waals surface area contributed by atoms with Gasteiger partial charge in [-0.05, 0) is 31.7 Å². The number of nitrogens with zero attached hydrogens (tertiary/aromatic N) is 4. The number of hydrogen-bond donors (Lipinski definition) is 1. The van der Waals surface area contributed by atoms with E-state index in [2.05, 4.69) is 21.2 Å². The Morgan fingerprint density at radius 1 is 1.12 bits per heavy atom. The molecule has 130 valence electrons. The van der Waals surface area contributed by atoms with Crippen LogP contribution in [0.5, 0.6) is 0 Å². The number of carbonyl (C=O) groups excluding carboxylic acids is 2.